The van der Waals surface area contributed by atoms with Crippen LogP contribution in [0.3, 0.4) is 0 Å². The van der Waals surface area contributed by atoms with Gasteiger partial charge in [-0.25, -0.2) is 0 Å². The number of carbonyl (C=O) groups excluding carboxylic acids is 1. The molecule has 3 nitrogen and oxygen atoms in total. The Labute approximate surface area is 102 Å². The van der Waals surface area contributed by atoms with Crippen molar-refractivity contribution in [3.8, 4) is 0 Å². The number of hydrogen-bond acceptors (Lipinski definition) is 3. The van der Waals surface area contributed by atoms with E-state index in [2.05, 4.69) is 12.6 Å². The normalized spacial score (nSPS) is 12.9. The fourth-order valence-electron chi connectivity index (χ4n) is 1.39. The predicted octanol–water partition coefficient (Wildman–Crippen LogP) is 2.50. The second-order valence-corrected chi connectivity index (χ2v) is 4.95. The maximum atomic E-state index is 11.9. The molecule has 0 aliphatic rings. The van der Waals surface area contributed by atoms with Crippen LogP contribution in [0, 0.1) is 12.8 Å². The van der Waals surface area contributed by atoms with Gasteiger partial charge < -0.3 is 9.32 Å². The van der Waals surface area contributed by atoms with Gasteiger partial charge in [-0.05, 0) is 25.0 Å². The van der Waals surface area contributed by atoms with E-state index in [1.807, 2.05) is 32.9 Å². The number of carbonyl (C=O) groups is 1. The van der Waals surface area contributed by atoms with Crippen molar-refractivity contribution in [3.05, 3.63) is 23.7 Å². The van der Waals surface area contributed by atoms with Gasteiger partial charge in [0.1, 0.15) is 11.5 Å². The van der Waals surface area contributed by atoms with E-state index in [0.29, 0.717) is 6.54 Å². The molecule has 0 bridgehead atoms. The van der Waals surface area contributed by atoms with Gasteiger partial charge in [0.2, 0.25) is 5.91 Å². The Morgan fingerprint density at radius 1 is 1.50 bits per heavy atom. The largest absolute Gasteiger partial charge is 0.464 e. The van der Waals surface area contributed by atoms with E-state index in [0.717, 1.165) is 11.5 Å². The number of nitrogens with zero attached hydrogens (tertiary/aromatic N) is 1. The molecule has 1 unspecified atom stereocenters. The molecule has 90 valence electrons. The van der Waals surface area contributed by atoms with Crippen molar-refractivity contribution >= 4 is 18.5 Å². The zero-order chi connectivity index (χ0) is 12.3. The first-order valence-electron chi connectivity index (χ1n) is 5.40. The van der Waals surface area contributed by atoms with Gasteiger partial charge in [0, 0.05) is 7.05 Å². The Morgan fingerprint density at radius 3 is 2.56 bits per heavy atom. The molecule has 0 aromatic carbocycles. The van der Waals surface area contributed by atoms with Gasteiger partial charge in [0.15, 0.2) is 0 Å². The first-order chi connectivity index (χ1) is 7.41. The lowest BCUT2D eigenvalue weighted by Gasteiger charge is -2.22. The van der Waals surface area contributed by atoms with Crippen LogP contribution in [-0.2, 0) is 11.3 Å². The van der Waals surface area contributed by atoms with Crippen LogP contribution in [0.2, 0.25) is 0 Å². The molecule has 0 aliphatic heterocycles. The lowest BCUT2D eigenvalue weighted by atomic mass is 10.1. The molecule has 1 atom stereocenters. The summed E-state index contributed by atoms with van der Waals surface area (Å²) >= 11 is 4.31. The van der Waals surface area contributed by atoms with Crippen molar-refractivity contribution in [2.45, 2.75) is 32.6 Å². The van der Waals surface area contributed by atoms with E-state index in [1.165, 1.54) is 0 Å². The highest BCUT2D eigenvalue weighted by Crippen LogP contribution is 2.14. The Balaban J connectivity index is 2.58. The van der Waals surface area contributed by atoms with Gasteiger partial charge in [-0.2, -0.15) is 12.6 Å². The molecule has 0 spiro atoms. The van der Waals surface area contributed by atoms with Crippen molar-refractivity contribution in [1.29, 1.82) is 0 Å². The van der Waals surface area contributed by atoms with Crippen LogP contribution in [0.1, 0.15) is 25.4 Å². The SMILES string of the molecule is Cc1ccc(CN(C)C(=O)C(S)C(C)C)o1. The van der Waals surface area contributed by atoms with Gasteiger partial charge in [0.05, 0.1) is 11.8 Å². The zero-order valence-electron chi connectivity index (χ0n) is 10.2. The van der Waals surface area contributed by atoms with Crippen LogP contribution in [0.4, 0.5) is 0 Å². The van der Waals surface area contributed by atoms with Crippen molar-refractivity contribution in [1.82, 2.24) is 4.90 Å². The molecule has 0 N–H and O–H groups in total. The summed E-state index contributed by atoms with van der Waals surface area (Å²) in [5.41, 5.74) is 0. The number of amides is 1. The highest BCUT2D eigenvalue weighted by atomic mass is 32.1. The van der Waals surface area contributed by atoms with Crippen LogP contribution in [0.25, 0.3) is 0 Å². The molecule has 1 rings (SSSR count). The van der Waals surface area contributed by atoms with E-state index in [-0.39, 0.29) is 17.1 Å². The average molecular weight is 241 g/mol. The lowest BCUT2D eigenvalue weighted by Crippen LogP contribution is -2.35. The van der Waals surface area contributed by atoms with Crippen molar-refractivity contribution in [2.24, 2.45) is 5.92 Å². The van der Waals surface area contributed by atoms with E-state index in [9.17, 15) is 4.79 Å². The fourth-order valence-corrected chi connectivity index (χ4v) is 1.59. The molecule has 1 aromatic rings. The Hall–Kier alpha value is -0.900. The molecule has 0 saturated carbocycles. The van der Waals surface area contributed by atoms with Gasteiger partial charge in [-0.3, -0.25) is 4.79 Å². The van der Waals surface area contributed by atoms with Crippen LogP contribution in [-0.4, -0.2) is 23.1 Å². The van der Waals surface area contributed by atoms with Crippen LogP contribution >= 0.6 is 12.6 Å². The number of aryl methyl sites for hydroxylation is 1. The molecule has 1 amide bonds. The molecule has 1 aromatic heterocycles. The molecule has 0 aliphatic carbocycles. The minimum atomic E-state index is -0.249. The summed E-state index contributed by atoms with van der Waals surface area (Å²) in [5.74, 6) is 1.93. The molecule has 16 heavy (non-hydrogen) atoms. The predicted molar refractivity (Wildman–Crippen MR) is 67.5 cm³/mol. The van der Waals surface area contributed by atoms with Crippen LogP contribution in [0.15, 0.2) is 16.5 Å². The second kappa shape index (κ2) is 5.43. The zero-order valence-corrected chi connectivity index (χ0v) is 11.1. The molecule has 1 heterocycles. The number of hydrogen-bond donors (Lipinski definition) is 1. The second-order valence-electron chi connectivity index (χ2n) is 4.40. The smallest absolute Gasteiger partial charge is 0.235 e. The van der Waals surface area contributed by atoms with Crippen molar-refractivity contribution < 1.29 is 9.21 Å². The van der Waals surface area contributed by atoms with E-state index in [4.69, 9.17) is 4.42 Å². The summed E-state index contributed by atoms with van der Waals surface area (Å²) in [7, 11) is 1.77. The summed E-state index contributed by atoms with van der Waals surface area (Å²) in [5, 5.41) is -0.249. The van der Waals surface area contributed by atoms with Crippen molar-refractivity contribution in [3.63, 3.8) is 0 Å². The third kappa shape index (κ3) is 3.30. The van der Waals surface area contributed by atoms with Crippen LogP contribution < -0.4 is 0 Å². The summed E-state index contributed by atoms with van der Waals surface area (Å²) < 4.78 is 5.43. The third-order valence-corrected chi connectivity index (χ3v) is 3.27. The van der Waals surface area contributed by atoms with Gasteiger partial charge in [-0.1, -0.05) is 13.8 Å². The van der Waals surface area contributed by atoms with Crippen LogP contribution in [0.5, 0.6) is 0 Å². The van der Waals surface area contributed by atoms with E-state index in [1.54, 1.807) is 11.9 Å². The minimum absolute atomic E-state index is 0.0346. The van der Waals surface area contributed by atoms with Gasteiger partial charge in [-0.15, -0.1) is 0 Å². The summed E-state index contributed by atoms with van der Waals surface area (Å²) in [4.78, 5) is 13.6. The summed E-state index contributed by atoms with van der Waals surface area (Å²) in [6, 6.07) is 3.79. The van der Waals surface area contributed by atoms with Gasteiger partial charge >= 0.3 is 0 Å². The Bertz CT molecular complexity index is 360. The number of thiol groups is 1. The third-order valence-electron chi connectivity index (χ3n) is 2.45. The summed E-state index contributed by atoms with van der Waals surface area (Å²) in [6.07, 6.45) is 0. The highest BCUT2D eigenvalue weighted by Gasteiger charge is 2.21. The fraction of sp³-hybridized carbons (Fsp3) is 0.583. The Kier molecular flexibility index (Phi) is 4.47. The maximum Gasteiger partial charge on any atom is 0.235 e. The number of furan rings is 1. The monoisotopic (exact) mass is 241 g/mol. The first kappa shape index (κ1) is 13.2. The minimum Gasteiger partial charge on any atom is -0.464 e. The highest BCUT2D eigenvalue weighted by molar-refractivity contribution is 7.81. The van der Waals surface area contributed by atoms with Crippen molar-refractivity contribution in [2.75, 3.05) is 7.05 Å². The molecule has 0 radical (unpaired) electrons. The Morgan fingerprint density at radius 2 is 2.12 bits per heavy atom. The topological polar surface area (TPSA) is 33.5 Å². The average Bonchev–Trinajstić information content (AvgIpc) is 2.61. The summed E-state index contributed by atoms with van der Waals surface area (Å²) in [6.45, 7) is 6.36. The maximum absolute atomic E-state index is 11.9. The van der Waals surface area contributed by atoms with E-state index >= 15 is 0 Å². The van der Waals surface area contributed by atoms with E-state index < -0.39 is 0 Å². The quantitative estimate of drug-likeness (QED) is 0.822. The first-order valence-corrected chi connectivity index (χ1v) is 5.91. The standard InChI is InChI=1S/C12H19NO2S/c1-8(2)11(16)12(14)13(4)7-10-6-5-9(3)15-10/h5-6,8,11,16H,7H2,1-4H3. The molecule has 4 heteroatoms. The molecular weight excluding hydrogens is 222 g/mol. The molecular formula is C12H19NO2S. The lowest BCUT2D eigenvalue weighted by molar-refractivity contribution is -0.130. The number of rotatable bonds is 4. The molecule has 0 fully saturated rings. The van der Waals surface area contributed by atoms with Gasteiger partial charge in [0.25, 0.3) is 0 Å². The molecule has 0 saturated heterocycles.